The minimum absolute atomic E-state index is 0.110. The van der Waals surface area contributed by atoms with Gasteiger partial charge in [-0.25, -0.2) is 0 Å². The lowest BCUT2D eigenvalue weighted by molar-refractivity contribution is -0.134. The number of carbonyl (C=O) groups is 1. The van der Waals surface area contributed by atoms with Crippen LogP contribution in [0.2, 0.25) is 0 Å². The molecule has 0 N–H and O–H groups in total. The van der Waals surface area contributed by atoms with E-state index in [1.54, 1.807) is 25.1 Å². The van der Waals surface area contributed by atoms with E-state index >= 15 is 0 Å². The SMILES string of the molecule is CCC(=O)Oc1ccc2c(=O)c(-c3ccccc3)coc2c1. The summed E-state index contributed by atoms with van der Waals surface area (Å²) in [6.07, 6.45) is 1.72. The molecule has 0 amide bonds. The summed E-state index contributed by atoms with van der Waals surface area (Å²) in [4.78, 5) is 23.9. The van der Waals surface area contributed by atoms with E-state index in [0.717, 1.165) is 5.56 Å². The van der Waals surface area contributed by atoms with E-state index in [4.69, 9.17) is 9.15 Å². The monoisotopic (exact) mass is 294 g/mol. The molecule has 0 saturated carbocycles. The maximum absolute atomic E-state index is 12.6. The highest BCUT2D eigenvalue weighted by Gasteiger charge is 2.10. The van der Waals surface area contributed by atoms with Crippen LogP contribution in [-0.4, -0.2) is 5.97 Å². The van der Waals surface area contributed by atoms with Gasteiger partial charge in [-0.3, -0.25) is 9.59 Å². The van der Waals surface area contributed by atoms with Gasteiger partial charge >= 0.3 is 5.97 Å². The summed E-state index contributed by atoms with van der Waals surface area (Å²) in [5.41, 5.74) is 1.60. The number of fused-ring (bicyclic) bond motifs is 1. The molecule has 0 aliphatic heterocycles. The predicted octanol–water partition coefficient (Wildman–Crippen LogP) is 3.78. The van der Waals surface area contributed by atoms with Gasteiger partial charge in [0.15, 0.2) is 5.43 Å². The van der Waals surface area contributed by atoms with E-state index < -0.39 is 0 Å². The largest absolute Gasteiger partial charge is 0.463 e. The molecule has 22 heavy (non-hydrogen) atoms. The molecule has 0 radical (unpaired) electrons. The molecule has 0 aliphatic carbocycles. The first kappa shape index (κ1) is 14.1. The molecule has 3 aromatic rings. The molecular formula is C18H14O4. The normalized spacial score (nSPS) is 10.6. The zero-order valence-corrected chi connectivity index (χ0v) is 12.0. The number of carbonyl (C=O) groups excluding carboxylic acids is 1. The number of ether oxygens (including phenoxy) is 1. The van der Waals surface area contributed by atoms with Crippen molar-refractivity contribution in [2.45, 2.75) is 13.3 Å². The van der Waals surface area contributed by atoms with Crippen molar-refractivity contribution in [1.82, 2.24) is 0 Å². The third-order valence-corrected chi connectivity index (χ3v) is 3.35. The van der Waals surface area contributed by atoms with Crippen LogP contribution in [-0.2, 0) is 4.79 Å². The van der Waals surface area contributed by atoms with Crippen LogP contribution in [0, 0.1) is 0 Å². The zero-order chi connectivity index (χ0) is 15.5. The van der Waals surface area contributed by atoms with Gasteiger partial charge in [-0.05, 0) is 17.7 Å². The minimum atomic E-state index is -0.331. The van der Waals surface area contributed by atoms with Crippen LogP contribution in [0.25, 0.3) is 22.1 Å². The van der Waals surface area contributed by atoms with Crippen molar-refractivity contribution in [2.24, 2.45) is 0 Å². The van der Waals surface area contributed by atoms with Crippen LogP contribution in [0.4, 0.5) is 0 Å². The Bertz CT molecular complexity index is 878. The predicted molar refractivity (Wildman–Crippen MR) is 83.8 cm³/mol. The molecule has 0 atom stereocenters. The first-order valence-corrected chi connectivity index (χ1v) is 7.00. The van der Waals surface area contributed by atoms with Crippen LogP contribution in [0.1, 0.15) is 13.3 Å². The molecule has 1 aromatic heterocycles. The van der Waals surface area contributed by atoms with Crippen molar-refractivity contribution in [3.63, 3.8) is 0 Å². The Morgan fingerprint density at radius 3 is 2.64 bits per heavy atom. The highest BCUT2D eigenvalue weighted by molar-refractivity contribution is 5.83. The van der Waals surface area contributed by atoms with Crippen molar-refractivity contribution >= 4 is 16.9 Å². The van der Waals surface area contributed by atoms with Gasteiger partial charge in [0.25, 0.3) is 0 Å². The number of esters is 1. The molecule has 0 bridgehead atoms. The lowest BCUT2D eigenvalue weighted by Gasteiger charge is -2.05. The highest BCUT2D eigenvalue weighted by atomic mass is 16.5. The third kappa shape index (κ3) is 2.63. The quantitative estimate of drug-likeness (QED) is 0.545. The Hall–Kier alpha value is -2.88. The first-order valence-electron chi connectivity index (χ1n) is 7.00. The summed E-state index contributed by atoms with van der Waals surface area (Å²) in [5, 5.41) is 0.456. The van der Waals surface area contributed by atoms with Gasteiger partial charge in [-0.15, -0.1) is 0 Å². The minimum Gasteiger partial charge on any atom is -0.463 e. The van der Waals surface area contributed by atoms with E-state index in [0.29, 0.717) is 22.3 Å². The first-order chi connectivity index (χ1) is 10.7. The molecule has 0 spiro atoms. The molecule has 3 rings (SSSR count). The van der Waals surface area contributed by atoms with Crippen molar-refractivity contribution in [3.8, 4) is 16.9 Å². The van der Waals surface area contributed by atoms with Gasteiger partial charge in [-0.1, -0.05) is 37.3 Å². The molecule has 0 aliphatic rings. The fourth-order valence-electron chi connectivity index (χ4n) is 2.19. The summed E-state index contributed by atoms with van der Waals surface area (Å²) in [6.45, 7) is 1.72. The van der Waals surface area contributed by atoms with Gasteiger partial charge in [0.2, 0.25) is 0 Å². The summed E-state index contributed by atoms with van der Waals surface area (Å²) in [5.74, 6) is 0.0394. The summed E-state index contributed by atoms with van der Waals surface area (Å²) in [7, 11) is 0. The smallest absolute Gasteiger partial charge is 0.310 e. The van der Waals surface area contributed by atoms with E-state index in [-0.39, 0.29) is 17.8 Å². The van der Waals surface area contributed by atoms with Crippen molar-refractivity contribution in [1.29, 1.82) is 0 Å². The number of benzene rings is 2. The number of rotatable bonds is 3. The van der Waals surface area contributed by atoms with Gasteiger partial charge in [0.05, 0.1) is 10.9 Å². The maximum atomic E-state index is 12.6. The Labute approximate surface area is 127 Å². The van der Waals surface area contributed by atoms with Gasteiger partial charge in [0, 0.05) is 12.5 Å². The van der Waals surface area contributed by atoms with Crippen molar-refractivity contribution < 1.29 is 13.9 Å². The van der Waals surface area contributed by atoms with Crippen molar-refractivity contribution in [3.05, 3.63) is 65.0 Å². The maximum Gasteiger partial charge on any atom is 0.310 e. The Morgan fingerprint density at radius 1 is 1.14 bits per heavy atom. The van der Waals surface area contributed by atoms with Gasteiger partial charge in [0.1, 0.15) is 17.6 Å². The molecule has 110 valence electrons. The second-order valence-corrected chi connectivity index (χ2v) is 4.83. The standard InChI is InChI=1S/C18H14O4/c1-2-17(19)22-13-8-9-14-16(10-13)21-11-15(18(14)20)12-6-4-3-5-7-12/h3-11H,2H2,1H3. The zero-order valence-electron chi connectivity index (χ0n) is 12.0. The molecule has 1 heterocycles. The molecular weight excluding hydrogens is 280 g/mol. The van der Waals surface area contributed by atoms with E-state index in [1.807, 2.05) is 30.3 Å². The Kier molecular flexibility index (Phi) is 3.74. The van der Waals surface area contributed by atoms with Gasteiger partial charge in [-0.2, -0.15) is 0 Å². The summed E-state index contributed by atoms with van der Waals surface area (Å²) < 4.78 is 10.7. The summed E-state index contributed by atoms with van der Waals surface area (Å²) in [6, 6.07) is 14.1. The molecule has 0 unspecified atom stereocenters. The number of hydrogen-bond donors (Lipinski definition) is 0. The Balaban J connectivity index is 2.08. The second-order valence-electron chi connectivity index (χ2n) is 4.83. The molecule has 4 nitrogen and oxygen atoms in total. The summed E-state index contributed by atoms with van der Waals surface area (Å²) >= 11 is 0. The van der Waals surface area contributed by atoms with E-state index in [2.05, 4.69) is 0 Å². The molecule has 4 heteroatoms. The lowest BCUT2D eigenvalue weighted by Crippen LogP contribution is -2.07. The second kappa shape index (κ2) is 5.85. The average Bonchev–Trinajstić information content (AvgIpc) is 2.56. The van der Waals surface area contributed by atoms with E-state index in [9.17, 15) is 9.59 Å². The fourth-order valence-corrected chi connectivity index (χ4v) is 2.19. The van der Waals surface area contributed by atoms with Crippen molar-refractivity contribution in [2.75, 3.05) is 0 Å². The van der Waals surface area contributed by atoms with E-state index in [1.165, 1.54) is 6.26 Å². The topological polar surface area (TPSA) is 56.5 Å². The van der Waals surface area contributed by atoms with Crippen LogP contribution in [0.3, 0.4) is 0 Å². The van der Waals surface area contributed by atoms with Crippen LogP contribution < -0.4 is 10.2 Å². The van der Waals surface area contributed by atoms with Crippen LogP contribution in [0.15, 0.2) is 64.0 Å². The number of hydrogen-bond acceptors (Lipinski definition) is 4. The third-order valence-electron chi connectivity index (χ3n) is 3.35. The molecule has 0 fully saturated rings. The lowest BCUT2D eigenvalue weighted by atomic mass is 10.1. The highest BCUT2D eigenvalue weighted by Crippen LogP contribution is 2.23. The van der Waals surface area contributed by atoms with Gasteiger partial charge < -0.3 is 9.15 Å². The fraction of sp³-hybridized carbons (Fsp3) is 0.111. The molecule has 0 saturated heterocycles. The van der Waals surface area contributed by atoms with Crippen LogP contribution in [0.5, 0.6) is 5.75 Å². The molecule has 2 aromatic carbocycles. The average molecular weight is 294 g/mol. The Morgan fingerprint density at radius 2 is 1.91 bits per heavy atom. The van der Waals surface area contributed by atoms with Crippen LogP contribution >= 0.6 is 0 Å².